The van der Waals surface area contributed by atoms with Crippen molar-refractivity contribution in [2.24, 2.45) is 11.8 Å². The Hall–Kier alpha value is -2.37. The van der Waals surface area contributed by atoms with Gasteiger partial charge in [-0.2, -0.15) is 5.26 Å². The quantitative estimate of drug-likeness (QED) is 0.691. The maximum absolute atomic E-state index is 10.2. The molecule has 2 saturated heterocycles. The highest BCUT2D eigenvalue weighted by atomic mass is 15.1. The van der Waals surface area contributed by atoms with Gasteiger partial charge in [-0.25, -0.2) is 0 Å². The van der Waals surface area contributed by atoms with E-state index in [0.717, 1.165) is 29.5 Å². The zero-order chi connectivity index (χ0) is 18.5. The standard InChI is InChI=1S/C25H28N2/c26-20-25(23-8-3-1-4-9-23,24-10-5-2-6-11-24)16-7-17-27-18-21-12-13-22(19-27)15-14-21/h1-11,16,21-22H,12-15,17-19H2. The molecule has 2 aliphatic heterocycles. The summed E-state index contributed by atoms with van der Waals surface area (Å²) < 4.78 is 0. The lowest BCUT2D eigenvalue weighted by atomic mass is 9.75. The van der Waals surface area contributed by atoms with E-state index in [4.69, 9.17) is 0 Å². The van der Waals surface area contributed by atoms with Gasteiger partial charge in [0.2, 0.25) is 0 Å². The topological polar surface area (TPSA) is 27.0 Å². The minimum Gasteiger partial charge on any atom is -0.299 e. The second-order valence-corrected chi connectivity index (χ2v) is 8.16. The lowest BCUT2D eigenvalue weighted by Gasteiger charge is -2.25. The van der Waals surface area contributed by atoms with Crippen molar-refractivity contribution in [1.82, 2.24) is 4.90 Å². The fourth-order valence-electron chi connectivity index (χ4n) is 4.86. The monoisotopic (exact) mass is 356 g/mol. The molecule has 2 nitrogen and oxygen atoms in total. The summed E-state index contributed by atoms with van der Waals surface area (Å²) in [6.07, 6.45) is 9.97. The second-order valence-electron chi connectivity index (χ2n) is 8.16. The fraction of sp³-hybridized carbons (Fsp3) is 0.400. The van der Waals surface area contributed by atoms with Crippen molar-refractivity contribution in [3.63, 3.8) is 0 Å². The molecule has 1 saturated carbocycles. The van der Waals surface area contributed by atoms with Crippen LogP contribution in [0.15, 0.2) is 72.8 Å². The summed E-state index contributed by atoms with van der Waals surface area (Å²) in [4.78, 5) is 2.60. The van der Waals surface area contributed by atoms with Gasteiger partial charge >= 0.3 is 0 Å². The van der Waals surface area contributed by atoms with E-state index in [0.29, 0.717) is 0 Å². The maximum atomic E-state index is 10.2. The second kappa shape index (κ2) is 8.11. The lowest BCUT2D eigenvalue weighted by molar-refractivity contribution is 0.278. The Morgan fingerprint density at radius 1 is 0.852 bits per heavy atom. The van der Waals surface area contributed by atoms with Crippen LogP contribution in [0, 0.1) is 23.2 Å². The van der Waals surface area contributed by atoms with Crippen molar-refractivity contribution in [1.29, 1.82) is 5.26 Å². The van der Waals surface area contributed by atoms with Crippen LogP contribution < -0.4 is 0 Å². The lowest BCUT2D eigenvalue weighted by Crippen LogP contribution is -2.29. The molecule has 5 rings (SSSR count). The summed E-state index contributed by atoms with van der Waals surface area (Å²) in [5, 5.41) is 10.2. The third-order valence-electron chi connectivity index (χ3n) is 6.37. The number of rotatable bonds is 5. The summed E-state index contributed by atoms with van der Waals surface area (Å²) in [5.74, 6) is 1.75. The van der Waals surface area contributed by atoms with Crippen LogP contribution in [0.4, 0.5) is 0 Å². The van der Waals surface area contributed by atoms with Gasteiger partial charge in [0, 0.05) is 19.6 Å². The molecule has 0 amide bonds. The van der Waals surface area contributed by atoms with E-state index in [9.17, 15) is 5.26 Å². The fourth-order valence-corrected chi connectivity index (χ4v) is 4.86. The van der Waals surface area contributed by atoms with E-state index in [2.05, 4.69) is 47.4 Å². The normalized spacial score (nSPS) is 23.2. The van der Waals surface area contributed by atoms with Crippen LogP contribution >= 0.6 is 0 Å². The molecule has 1 aliphatic carbocycles. The molecule has 0 spiro atoms. The molecule has 2 aromatic carbocycles. The molecule has 2 aromatic rings. The molecule has 0 unspecified atom stereocenters. The van der Waals surface area contributed by atoms with E-state index in [1.807, 2.05) is 36.4 Å². The molecule has 0 radical (unpaired) electrons. The van der Waals surface area contributed by atoms with Gasteiger partial charge < -0.3 is 0 Å². The number of nitrogens with zero attached hydrogens (tertiary/aromatic N) is 2. The van der Waals surface area contributed by atoms with Gasteiger partial charge in [0.15, 0.2) is 0 Å². The van der Waals surface area contributed by atoms with Gasteiger partial charge in [-0.05, 0) is 48.6 Å². The van der Waals surface area contributed by atoms with Crippen molar-refractivity contribution >= 4 is 0 Å². The maximum Gasteiger partial charge on any atom is 0.125 e. The Morgan fingerprint density at radius 3 is 1.78 bits per heavy atom. The Kier molecular flexibility index (Phi) is 5.41. The Balaban J connectivity index is 1.60. The molecular weight excluding hydrogens is 328 g/mol. The molecule has 3 aliphatic rings. The SMILES string of the molecule is N#CC(C=CCN1CC2CCC(CC2)C1)(c1ccccc1)c1ccccc1. The largest absolute Gasteiger partial charge is 0.299 e. The predicted molar refractivity (Wildman–Crippen MR) is 110 cm³/mol. The highest BCUT2D eigenvalue weighted by Gasteiger charge is 2.32. The zero-order valence-electron chi connectivity index (χ0n) is 15.9. The van der Waals surface area contributed by atoms with Crippen LogP contribution in [0.25, 0.3) is 0 Å². The van der Waals surface area contributed by atoms with Crippen LogP contribution in [0.1, 0.15) is 36.8 Å². The molecule has 0 aromatic heterocycles. The molecule has 138 valence electrons. The molecular formula is C25H28N2. The van der Waals surface area contributed by atoms with Crippen LogP contribution in [0.2, 0.25) is 0 Å². The number of fused-ring (bicyclic) bond motifs is 4. The Morgan fingerprint density at radius 2 is 1.33 bits per heavy atom. The van der Waals surface area contributed by atoms with E-state index >= 15 is 0 Å². The third-order valence-corrected chi connectivity index (χ3v) is 6.37. The van der Waals surface area contributed by atoms with Crippen LogP contribution in [-0.2, 0) is 5.41 Å². The van der Waals surface area contributed by atoms with Crippen molar-refractivity contribution in [3.05, 3.63) is 83.9 Å². The number of hydrogen-bond donors (Lipinski definition) is 0. The van der Waals surface area contributed by atoms with Crippen molar-refractivity contribution in [2.45, 2.75) is 31.1 Å². The zero-order valence-corrected chi connectivity index (χ0v) is 15.9. The average Bonchev–Trinajstić information content (AvgIpc) is 3.06. The third kappa shape index (κ3) is 3.84. The van der Waals surface area contributed by atoms with Crippen molar-refractivity contribution < 1.29 is 0 Å². The average molecular weight is 357 g/mol. The van der Waals surface area contributed by atoms with Gasteiger partial charge in [0.1, 0.15) is 5.41 Å². The first kappa shape index (κ1) is 18.0. The minimum atomic E-state index is -0.729. The van der Waals surface area contributed by atoms with Crippen LogP contribution in [0.5, 0.6) is 0 Å². The molecule has 0 atom stereocenters. The number of allylic oxidation sites excluding steroid dienone is 1. The Labute approximate surface area is 163 Å². The molecule has 2 bridgehead atoms. The van der Waals surface area contributed by atoms with Gasteiger partial charge in [-0.1, -0.05) is 72.8 Å². The van der Waals surface area contributed by atoms with E-state index in [1.165, 1.54) is 38.8 Å². The summed E-state index contributed by atoms with van der Waals surface area (Å²) in [6, 6.07) is 23.0. The highest BCUT2D eigenvalue weighted by molar-refractivity contribution is 5.50. The number of nitriles is 1. The van der Waals surface area contributed by atoms with Crippen LogP contribution in [-0.4, -0.2) is 24.5 Å². The minimum absolute atomic E-state index is 0.729. The highest BCUT2D eigenvalue weighted by Crippen LogP contribution is 2.35. The number of hydrogen-bond acceptors (Lipinski definition) is 2. The molecule has 3 fully saturated rings. The summed E-state index contributed by atoms with van der Waals surface area (Å²) in [7, 11) is 0. The Bertz CT molecular complexity index is 742. The van der Waals surface area contributed by atoms with E-state index < -0.39 is 5.41 Å². The smallest absolute Gasteiger partial charge is 0.125 e. The first-order chi connectivity index (χ1) is 13.3. The van der Waals surface area contributed by atoms with Crippen LogP contribution in [0.3, 0.4) is 0 Å². The molecule has 0 N–H and O–H groups in total. The van der Waals surface area contributed by atoms with Crippen molar-refractivity contribution in [2.75, 3.05) is 19.6 Å². The van der Waals surface area contributed by atoms with E-state index in [1.54, 1.807) is 0 Å². The molecule has 27 heavy (non-hydrogen) atoms. The summed E-state index contributed by atoms with van der Waals surface area (Å²) in [6.45, 7) is 3.38. The van der Waals surface area contributed by atoms with Gasteiger partial charge in [-0.3, -0.25) is 4.90 Å². The molecule has 2 heteroatoms. The van der Waals surface area contributed by atoms with E-state index in [-0.39, 0.29) is 0 Å². The summed E-state index contributed by atoms with van der Waals surface area (Å²) >= 11 is 0. The van der Waals surface area contributed by atoms with Gasteiger partial charge in [0.05, 0.1) is 6.07 Å². The van der Waals surface area contributed by atoms with Crippen molar-refractivity contribution in [3.8, 4) is 6.07 Å². The summed E-state index contributed by atoms with van der Waals surface area (Å²) in [5.41, 5.74) is 1.34. The number of benzene rings is 2. The van der Waals surface area contributed by atoms with Gasteiger partial charge in [-0.15, -0.1) is 0 Å². The molecule has 2 heterocycles. The van der Waals surface area contributed by atoms with Gasteiger partial charge in [0.25, 0.3) is 0 Å². The first-order valence-corrected chi connectivity index (χ1v) is 10.2. The first-order valence-electron chi connectivity index (χ1n) is 10.2. The predicted octanol–water partition coefficient (Wildman–Crippen LogP) is 5.17.